The number of aryl methyl sites for hydroxylation is 2. The smallest absolute Gasteiger partial charge is 0.409 e. The highest BCUT2D eigenvalue weighted by Gasteiger charge is 2.28. The van der Waals surface area contributed by atoms with E-state index < -0.39 is 0 Å². The lowest BCUT2D eigenvalue weighted by molar-refractivity contribution is 0.104. The van der Waals surface area contributed by atoms with Crippen molar-refractivity contribution in [3.05, 3.63) is 66.3 Å². The first-order valence-electron chi connectivity index (χ1n) is 9.74. The number of fused-ring (bicyclic) bond motifs is 2. The van der Waals surface area contributed by atoms with Gasteiger partial charge in [-0.3, -0.25) is 4.98 Å². The van der Waals surface area contributed by atoms with Crippen LogP contribution in [0.25, 0.3) is 5.57 Å². The van der Waals surface area contributed by atoms with Crippen LogP contribution in [-0.4, -0.2) is 35.7 Å². The molecule has 4 nitrogen and oxygen atoms in total. The fourth-order valence-electron chi connectivity index (χ4n) is 4.16. The number of hydrogen-bond donors (Lipinski definition) is 0. The van der Waals surface area contributed by atoms with Gasteiger partial charge in [0.25, 0.3) is 0 Å². The average Bonchev–Trinajstić information content (AvgIpc) is 2.85. The molecule has 2 heterocycles. The monoisotopic (exact) mass is 538 g/mol. The van der Waals surface area contributed by atoms with Crippen LogP contribution in [0.3, 0.4) is 0 Å². The first kappa shape index (κ1) is 20.9. The second-order valence-electron chi connectivity index (χ2n) is 7.25. The Balaban J connectivity index is 1.82. The molecule has 4 rings (SSSR count). The number of benzene rings is 1. The van der Waals surface area contributed by atoms with Gasteiger partial charge in [-0.1, -0.05) is 33.1 Å². The third-order valence-corrected chi connectivity index (χ3v) is 6.74. The van der Waals surface area contributed by atoms with E-state index in [-0.39, 0.29) is 6.09 Å². The highest BCUT2D eigenvalue weighted by molar-refractivity contribution is 9.10. The van der Waals surface area contributed by atoms with E-state index in [4.69, 9.17) is 21.3 Å². The highest BCUT2D eigenvalue weighted by atomic mass is 79.9. The van der Waals surface area contributed by atoms with E-state index in [1.54, 1.807) is 4.90 Å². The summed E-state index contributed by atoms with van der Waals surface area (Å²) in [7, 11) is 0. The van der Waals surface area contributed by atoms with Gasteiger partial charge in [-0.25, -0.2) is 4.79 Å². The van der Waals surface area contributed by atoms with E-state index in [0.29, 0.717) is 19.7 Å². The molecule has 0 spiro atoms. The summed E-state index contributed by atoms with van der Waals surface area (Å²) in [6.45, 7) is 3.55. The fourth-order valence-corrected chi connectivity index (χ4v) is 5.61. The molecule has 0 N–H and O–H groups in total. The molecule has 0 unspecified atom stereocenters. The molecule has 1 aromatic heterocycles. The number of carbonyl (C=O) groups excluding carboxylic acids is 1. The Kier molecular flexibility index (Phi) is 6.32. The zero-order valence-corrected chi connectivity index (χ0v) is 20.0. The molecule has 0 atom stereocenters. The number of piperidine rings is 1. The Hall–Kier alpha value is -1.37. The summed E-state index contributed by atoms with van der Waals surface area (Å²) in [6, 6.07) is 6.19. The third-order valence-electron chi connectivity index (χ3n) is 5.47. The second kappa shape index (κ2) is 8.78. The van der Waals surface area contributed by atoms with Crippen LogP contribution >= 0.6 is 43.5 Å². The fraction of sp³-hybridized carbons (Fsp3) is 0.364. The van der Waals surface area contributed by atoms with Crippen LogP contribution in [0, 0.1) is 0 Å². The number of carbonyl (C=O) groups is 1. The van der Waals surface area contributed by atoms with Gasteiger partial charge in [-0.05, 0) is 77.9 Å². The number of aromatic nitrogens is 1. The summed E-state index contributed by atoms with van der Waals surface area (Å²) >= 11 is 13.7. The lowest BCUT2D eigenvalue weighted by Gasteiger charge is -2.29. The van der Waals surface area contributed by atoms with Gasteiger partial charge < -0.3 is 9.64 Å². The molecule has 2 aromatic rings. The number of likely N-dealkylation sites (tertiary alicyclic amines) is 1. The van der Waals surface area contributed by atoms with Crippen molar-refractivity contribution in [2.24, 2.45) is 0 Å². The summed E-state index contributed by atoms with van der Waals surface area (Å²) in [5, 5.41) is 0.734. The van der Waals surface area contributed by atoms with Crippen molar-refractivity contribution in [1.29, 1.82) is 0 Å². The zero-order chi connectivity index (χ0) is 20.5. The topological polar surface area (TPSA) is 42.4 Å². The molecular weight excluding hydrogens is 520 g/mol. The standard InChI is InChI=1S/C22H21Br2ClN2O2/c1-2-29-22(28)27-7-5-13(6-8-27)20-19-14(10-17(25)11-18(19)24)3-4-15-9-16(23)12-26-21(15)20/h9-12H,2-8H2,1H3. The van der Waals surface area contributed by atoms with E-state index >= 15 is 0 Å². The van der Waals surface area contributed by atoms with Gasteiger partial charge in [-0.15, -0.1) is 0 Å². The van der Waals surface area contributed by atoms with Gasteiger partial charge in [0, 0.05) is 44.4 Å². The van der Waals surface area contributed by atoms with Gasteiger partial charge in [0.15, 0.2) is 0 Å². The Bertz CT molecular complexity index is 997. The number of rotatable bonds is 1. The molecule has 1 aliphatic carbocycles. The van der Waals surface area contributed by atoms with Crippen LogP contribution in [0.1, 0.15) is 42.1 Å². The maximum absolute atomic E-state index is 12.1. The first-order valence-corrected chi connectivity index (χ1v) is 11.7. The normalized spacial score (nSPS) is 16.2. The first-order chi connectivity index (χ1) is 14.0. The van der Waals surface area contributed by atoms with Gasteiger partial charge >= 0.3 is 6.09 Å². The Morgan fingerprint density at radius 2 is 1.86 bits per heavy atom. The van der Waals surface area contributed by atoms with Crippen molar-refractivity contribution < 1.29 is 9.53 Å². The average molecular weight is 541 g/mol. The molecule has 0 saturated carbocycles. The largest absolute Gasteiger partial charge is 0.450 e. The van der Waals surface area contributed by atoms with E-state index in [1.165, 1.54) is 27.8 Å². The van der Waals surface area contributed by atoms with Crippen molar-refractivity contribution in [2.45, 2.75) is 32.6 Å². The van der Waals surface area contributed by atoms with Crippen LogP contribution in [0.2, 0.25) is 5.02 Å². The number of nitrogens with zero attached hydrogens (tertiary/aromatic N) is 2. The van der Waals surface area contributed by atoms with Crippen LogP contribution in [0.15, 0.2) is 38.9 Å². The molecule has 29 heavy (non-hydrogen) atoms. The molecule has 1 fully saturated rings. The van der Waals surface area contributed by atoms with Crippen LogP contribution in [0.5, 0.6) is 0 Å². The van der Waals surface area contributed by atoms with Crippen molar-refractivity contribution in [3.63, 3.8) is 0 Å². The molecule has 1 aromatic carbocycles. The summed E-state index contributed by atoms with van der Waals surface area (Å²) in [4.78, 5) is 18.7. The third kappa shape index (κ3) is 4.25. The maximum Gasteiger partial charge on any atom is 0.409 e. The molecule has 0 radical (unpaired) electrons. The van der Waals surface area contributed by atoms with E-state index in [9.17, 15) is 4.79 Å². The van der Waals surface area contributed by atoms with Crippen LogP contribution in [0.4, 0.5) is 4.79 Å². The lowest BCUT2D eigenvalue weighted by atomic mass is 9.88. The SMILES string of the molecule is CCOC(=O)N1CCC(=C2c3ncc(Br)cc3CCc3cc(Cl)cc(Br)c32)CC1. The van der Waals surface area contributed by atoms with Crippen LogP contribution < -0.4 is 0 Å². The molecule has 152 valence electrons. The summed E-state index contributed by atoms with van der Waals surface area (Å²) < 4.78 is 7.15. The van der Waals surface area contributed by atoms with Gasteiger partial charge in [0.2, 0.25) is 0 Å². The molecular formula is C22H21Br2ClN2O2. The molecule has 7 heteroatoms. The van der Waals surface area contributed by atoms with Crippen molar-refractivity contribution in [2.75, 3.05) is 19.7 Å². The van der Waals surface area contributed by atoms with Crippen molar-refractivity contribution in [3.8, 4) is 0 Å². The van der Waals surface area contributed by atoms with E-state index in [0.717, 1.165) is 45.3 Å². The van der Waals surface area contributed by atoms with Gasteiger partial charge in [0.05, 0.1) is 12.3 Å². The van der Waals surface area contributed by atoms with E-state index in [1.807, 2.05) is 19.2 Å². The zero-order valence-electron chi connectivity index (χ0n) is 16.1. The number of hydrogen-bond acceptors (Lipinski definition) is 3. The summed E-state index contributed by atoms with van der Waals surface area (Å²) in [5.74, 6) is 0. The Morgan fingerprint density at radius 1 is 1.14 bits per heavy atom. The second-order valence-corrected chi connectivity index (χ2v) is 9.45. The molecule has 0 bridgehead atoms. The predicted octanol–water partition coefficient (Wildman–Crippen LogP) is 6.41. The van der Waals surface area contributed by atoms with Crippen molar-refractivity contribution in [1.82, 2.24) is 9.88 Å². The number of halogens is 3. The molecule has 1 saturated heterocycles. The molecule has 2 aliphatic rings. The van der Waals surface area contributed by atoms with Crippen LogP contribution in [-0.2, 0) is 17.6 Å². The minimum absolute atomic E-state index is 0.228. The number of ether oxygens (including phenoxy) is 1. The summed E-state index contributed by atoms with van der Waals surface area (Å²) in [5.41, 5.74) is 7.19. The van der Waals surface area contributed by atoms with Gasteiger partial charge in [0.1, 0.15) is 0 Å². The van der Waals surface area contributed by atoms with E-state index in [2.05, 4.69) is 44.0 Å². The number of pyridine rings is 1. The van der Waals surface area contributed by atoms with Gasteiger partial charge in [-0.2, -0.15) is 0 Å². The Morgan fingerprint density at radius 3 is 2.59 bits per heavy atom. The minimum atomic E-state index is -0.228. The maximum atomic E-state index is 12.1. The quantitative estimate of drug-likeness (QED) is 0.420. The lowest BCUT2D eigenvalue weighted by Crippen LogP contribution is -2.37. The Labute approximate surface area is 192 Å². The summed E-state index contributed by atoms with van der Waals surface area (Å²) in [6.07, 6.45) is 5.06. The predicted molar refractivity (Wildman–Crippen MR) is 122 cm³/mol. The molecule has 1 aliphatic heterocycles. The highest BCUT2D eigenvalue weighted by Crippen LogP contribution is 2.42. The minimum Gasteiger partial charge on any atom is -0.450 e. The number of amides is 1. The molecule has 1 amide bonds. The van der Waals surface area contributed by atoms with Crippen molar-refractivity contribution >= 4 is 55.1 Å².